The summed E-state index contributed by atoms with van der Waals surface area (Å²) in [7, 11) is 4.25. The molecule has 5 heteroatoms. The molecule has 0 bridgehead atoms. The first-order valence-corrected chi connectivity index (χ1v) is 9.20. The third-order valence-corrected chi connectivity index (χ3v) is 5.56. The second-order valence-corrected chi connectivity index (χ2v) is 7.15. The fourth-order valence-electron chi connectivity index (χ4n) is 3.97. The van der Waals surface area contributed by atoms with Crippen molar-refractivity contribution in [2.45, 2.75) is 6.92 Å². The number of furan rings is 1. The van der Waals surface area contributed by atoms with E-state index in [1.165, 1.54) is 17.1 Å². The Labute approximate surface area is 158 Å². The van der Waals surface area contributed by atoms with E-state index in [4.69, 9.17) is 4.42 Å². The molecule has 0 saturated heterocycles. The minimum absolute atomic E-state index is 0.117. The molecule has 4 nitrogen and oxygen atoms in total. The summed E-state index contributed by atoms with van der Waals surface area (Å²) < 4.78 is 10.6. The summed E-state index contributed by atoms with van der Waals surface area (Å²) in [6.07, 6.45) is 4.42. The highest BCUT2D eigenvalue weighted by atomic mass is 16.3. The lowest BCUT2D eigenvalue weighted by atomic mass is 9.56. The molecule has 27 heavy (non-hydrogen) atoms. The Balaban J connectivity index is 1.68. The van der Waals surface area contributed by atoms with E-state index in [9.17, 15) is 0 Å². The number of aromatic nitrogens is 2. The molecule has 0 unspecified atom stereocenters. The van der Waals surface area contributed by atoms with Gasteiger partial charge in [-0.2, -0.15) is 0 Å². The van der Waals surface area contributed by atoms with E-state index in [0.29, 0.717) is 0 Å². The van der Waals surface area contributed by atoms with Crippen molar-refractivity contribution in [3.63, 3.8) is 0 Å². The highest BCUT2D eigenvalue weighted by Crippen LogP contribution is 2.10. The molecule has 0 saturated carbocycles. The predicted molar refractivity (Wildman–Crippen MR) is 109 cm³/mol. The number of hydrogen-bond acceptors (Lipinski definition) is 2. The largest absolute Gasteiger partial charge is 0.457 e. The van der Waals surface area contributed by atoms with Crippen LogP contribution >= 0.6 is 0 Å². The maximum Gasteiger partial charge on any atom is 0.371 e. The van der Waals surface area contributed by atoms with Crippen LogP contribution in [0, 0.1) is 6.92 Å². The number of hydrogen-bond donors (Lipinski definition) is 0. The topological polar surface area (TPSA) is 25.2 Å². The van der Waals surface area contributed by atoms with Crippen molar-refractivity contribution >= 4 is 35.6 Å². The third kappa shape index (κ3) is 2.42. The predicted octanol–water partition coefficient (Wildman–Crippen LogP) is 1.26. The van der Waals surface area contributed by atoms with Gasteiger partial charge in [0.25, 0.3) is 5.82 Å². The van der Waals surface area contributed by atoms with Crippen LogP contribution in [0.5, 0.6) is 0 Å². The van der Waals surface area contributed by atoms with Crippen LogP contribution < -0.4 is 20.8 Å². The van der Waals surface area contributed by atoms with Gasteiger partial charge in [-0.25, -0.2) is 9.13 Å². The van der Waals surface area contributed by atoms with E-state index < -0.39 is 0 Å². The van der Waals surface area contributed by atoms with Crippen molar-refractivity contribution in [3.05, 3.63) is 77.3 Å². The van der Waals surface area contributed by atoms with E-state index in [1.54, 1.807) is 0 Å². The van der Waals surface area contributed by atoms with Gasteiger partial charge in [-0.1, -0.05) is 36.4 Å². The Bertz CT molecular complexity index is 1270. The van der Waals surface area contributed by atoms with Crippen molar-refractivity contribution in [1.29, 1.82) is 0 Å². The van der Waals surface area contributed by atoms with Gasteiger partial charge in [0.15, 0.2) is 0 Å². The zero-order valence-corrected chi connectivity index (χ0v) is 15.8. The van der Waals surface area contributed by atoms with Gasteiger partial charge in [0.05, 0.1) is 7.05 Å². The van der Waals surface area contributed by atoms with Crippen molar-refractivity contribution in [2.75, 3.05) is 7.05 Å². The van der Waals surface area contributed by atoms with Gasteiger partial charge in [-0.05, 0) is 37.4 Å². The van der Waals surface area contributed by atoms with Crippen LogP contribution in [-0.2, 0) is 7.05 Å². The first-order valence-electron chi connectivity index (χ1n) is 9.20. The number of nitrogens with zero attached hydrogens (tertiary/aromatic N) is 3. The van der Waals surface area contributed by atoms with Crippen molar-refractivity contribution in [2.24, 2.45) is 7.05 Å². The number of fused-ring (bicyclic) bond motifs is 3. The minimum atomic E-state index is 0.117. The molecule has 1 aliphatic heterocycles. The molecule has 0 amide bonds. The van der Waals surface area contributed by atoms with Crippen molar-refractivity contribution in [3.8, 4) is 5.69 Å². The molecule has 0 N–H and O–H groups in total. The number of rotatable bonds is 2. The van der Waals surface area contributed by atoms with Crippen LogP contribution in [0.15, 0.2) is 65.2 Å². The van der Waals surface area contributed by atoms with E-state index in [0.717, 1.165) is 21.6 Å². The maximum absolute atomic E-state index is 6.12. The Morgan fingerprint density at radius 1 is 0.963 bits per heavy atom. The summed E-state index contributed by atoms with van der Waals surface area (Å²) in [5.41, 5.74) is 4.28. The highest BCUT2D eigenvalue weighted by Gasteiger charge is 2.32. The lowest BCUT2D eigenvalue weighted by Crippen LogP contribution is -2.50. The van der Waals surface area contributed by atoms with E-state index in [1.807, 2.05) is 18.2 Å². The zero-order valence-electron chi connectivity index (χ0n) is 15.8. The first-order chi connectivity index (χ1) is 13.1. The lowest BCUT2D eigenvalue weighted by Gasteiger charge is -2.20. The van der Waals surface area contributed by atoms with Crippen LogP contribution in [0.1, 0.15) is 5.82 Å². The minimum Gasteiger partial charge on any atom is -0.457 e. The molecule has 2 aromatic carbocycles. The van der Waals surface area contributed by atoms with Gasteiger partial charge in [-0.3, -0.25) is 0 Å². The molecule has 0 aliphatic carbocycles. The summed E-state index contributed by atoms with van der Waals surface area (Å²) in [4.78, 5) is 2.26. The van der Waals surface area contributed by atoms with Crippen LogP contribution in [0.2, 0.25) is 0 Å². The average Bonchev–Trinajstić information content (AvgIpc) is 3.20. The maximum atomic E-state index is 6.12. The van der Waals surface area contributed by atoms with Gasteiger partial charge >= 0.3 is 6.85 Å². The molecule has 2 aromatic heterocycles. The molecule has 4 aromatic rings. The molecule has 3 heterocycles. The monoisotopic (exact) mass is 354 g/mol. The molecule has 1 aliphatic rings. The standard InChI is InChI=1S/C22H21BN3O/c1-16-25(3)22(15-26(16)17-9-5-4-6-10-17)23-13-21-19(14-24(23)2)18-11-7-8-12-20(18)27-21/h4-15H,1-3H3/q+1. The number of imidazole rings is 1. The SMILES string of the molecule is Cc1n(C)c(B2C=c3oc4ccccc4c3=CN2C)c[n+]1-c1ccccc1. The Kier molecular flexibility index (Phi) is 3.50. The molecule has 132 valence electrons. The van der Waals surface area contributed by atoms with Gasteiger partial charge in [-0.15, -0.1) is 0 Å². The van der Waals surface area contributed by atoms with Crippen molar-refractivity contribution in [1.82, 2.24) is 9.38 Å². The molecular formula is C22H21BN3O+. The summed E-state index contributed by atoms with van der Waals surface area (Å²) in [5, 5.41) is 2.32. The molecule has 0 fully saturated rings. The molecule has 0 spiro atoms. The number of benzene rings is 2. The Morgan fingerprint density at radius 3 is 2.52 bits per heavy atom. The van der Waals surface area contributed by atoms with E-state index in [-0.39, 0.29) is 6.85 Å². The summed E-state index contributed by atoms with van der Waals surface area (Å²) >= 11 is 0. The van der Waals surface area contributed by atoms with Gasteiger partial charge in [0, 0.05) is 17.5 Å². The van der Waals surface area contributed by atoms with Gasteiger partial charge in [0.2, 0.25) is 0 Å². The smallest absolute Gasteiger partial charge is 0.371 e. The van der Waals surface area contributed by atoms with Crippen LogP contribution in [0.3, 0.4) is 0 Å². The summed E-state index contributed by atoms with van der Waals surface area (Å²) in [5.74, 6) is 3.41. The Hall–Kier alpha value is -3.21. The highest BCUT2D eigenvalue weighted by molar-refractivity contribution is 6.83. The fraction of sp³-hybridized carbons (Fsp3) is 0.136. The quantitative estimate of drug-likeness (QED) is 0.400. The summed E-state index contributed by atoms with van der Waals surface area (Å²) in [6, 6.07) is 18.7. The van der Waals surface area contributed by atoms with Crippen LogP contribution in [0.25, 0.3) is 28.8 Å². The van der Waals surface area contributed by atoms with Gasteiger partial charge in [0.1, 0.15) is 28.5 Å². The molecule has 5 rings (SSSR count). The molecule has 0 atom stereocenters. The third-order valence-electron chi connectivity index (χ3n) is 5.56. The molecular weight excluding hydrogens is 333 g/mol. The van der Waals surface area contributed by atoms with Gasteiger partial charge < -0.3 is 9.23 Å². The van der Waals surface area contributed by atoms with E-state index >= 15 is 0 Å². The fourth-order valence-corrected chi connectivity index (χ4v) is 3.97. The first kappa shape index (κ1) is 16.0. The second kappa shape index (κ2) is 5.91. The summed E-state index contributed by atoms with van der Waals surface area (Å²) in [6.45, 7) is 2.27. The number of para-hydroxylation sites is 2. The normalized spacial score (nSPS) is 13.4. The van der Waals surface area contributed by atoms with Crippen molar-refractivity contribution < 1.29 is 8.98 Å². The molecule has 0 radical (unpaired) electrons. The van der Waals surface area contributed by atoms with Crippen LogP contribution in [0.4, 0.5) is 0 Å². The second-order valence-electron chi connectivity index (χ2n) is 7.15. The average molecular weight is 354 g/mol. The van der Waals surface area contributed by atoms with Crippen LogP contribution in [-0.4, -0.2) is 23.3 Å². The van der Waals surface area contributed by atoms with E-state index in [2.05, 4.69) is 89.7 Å². The lowest BCUT2D eigenvalue weighted by molar-refractivity contribution is -0.601. The zero-order chi connectivity index (χ0) is 18.5. The Morgan fingerprint density at radius 2 is 1.70 bits per heavy atom.